The van der Waals surface area contributed by atoms with Gasteiger partial charge < -0.3 is 25.3 Å². The Labute approximate surface area is 261 Å². The fraction of sp³-hybridized carbons (Fsp3) is 0.333. The Kier molecular flexibility index (Phi) is 8.98. The summed E-state index contributed by atoms with van der Waals surface area (Å²) in [6.45, 7) is 1.58. The predicted octanol–water partition coefficient (Wildman–Crippen LogP) is 4.06. The molecule has 2 aliphatic rings. The summed E-state index contributed by atoms with van der Waals surface area (Å²) < 4.78 is 6.76. The number of carbonyl (C=O) groups excluding carboxylic acids is 1. The standard InChI is InChI=1S/C33H35N9O3/c1-41-19-24(8-14-30(41)43)23-7-13-29(35-17-23)42(33(44)37-16-22-5-3-2-4-6-22)28-11-9-26(10-12-28)39-32-36-18-25(15-34)31(40-32)38-27-20-45-21-27/h2-8,13-14,17-19,26-28H,9-12,16,20-21H2,1H3,(H,37,44)(H2,36,38,39,40). The molecule has 4 heterocycles. The third kappa shape index (κ3) is 7.11. The van der Waals surface area contributed by atoms with Crippen molar-refractivity contribution in [2.24, 2.45) is 7.05 Å². The molecule has 1 saturated carbocycles. The first-order valence-corrected chi connectivity index (χ1v) is 15.1. The summed E-state index contributed by atoms with van der Waals surface area (Å²) in [6.07, 6.45) is 8.14. The van der Waals surface area contributed by atoms with E-state index in [1.165, 1.54) is 16.8 Å². The van der Waals surface area contributed by atoms with Crippen LogP contribution in [0.15, 0.2) is 78.0 Å². The first-order chi connectivity index (χ1) is 22.0. The highest BCUT2D eigenvalue weighted by atomic mass is 16.5. The molecule has 0 bridgehead atoms. The van der Waals surface area contributed by atoms with Gasteiger partial charge in [-0.1, -0.05) is 30.3 Å². The van der Waals surface area contributed by atoms with Crippen molar-refractivity contribution in [3.05, 3.63) is 94.7 Å². The van der Waals surface area contributed by atoms with E-state index in [9.17, 15) is 14.9 Å². The highest BCUT2D eigenvalue weighted by Gasteiger charge is 2.31. The Morgan fingerprint density at radius 3 is 2.42 bits per heavy atom. The molecule has 1 aromatic carbocycles. The molecule has 3 N–H and O–H groups in total. The molecule has 0 radical (unpaired) electrons. The molecule has 1 aliphatic carbocycles. The van der Waals surface area contributed by atoms with Crippen LogP contribution in [-0.2, 0) is 18.3 Å². The summed E-state index contributed by atoms with van der Waals surface area (Å²) >= 11 is 0. The molecule has 6 rings (SSSR count). The van der Waals surface area contributed by atoms with Crippen LogP contribution in [0.3, 0.4) is 0 Å². The number of hydrogen-bond donors (Lipinski definition) is 3. The molecular weight excluding hydrogens is 570 g/mol. The van der Waals surface area contributed by atoms with Gasteiger partial charge in [0.25, 0.3) is 0 Å². The second kappa shape index (κ2) is 13.6. The first kappa shape index (κ1) is 29.8. The lowest BCUT2D eigenvalue weighted by molar-refractivity contribution is 0.0209. The number of anilines is 3. The highest BCUT2D eigenvalue weighted by Crippen LogP contribution is 2.30. The van der Waals surface area contributed by atoms with Crippen molar-refractivity contribution < 1.29 is 9.53 Å². The number of rotatable bonds is 9. The van der Waals surface area contributed by atoms with Crippen molar-refractivity contribution >= 4 is 23.6 Å². The summed E-state index contributed by atoms with van der Waals surface area (Å²) in [5.41, 5.74) is 3.04. The molecule has 12 nitrogen and oxygen atoms in total. The smallest absolute Gasteiger partial charge is 0.323 e. The molecule has 0 spiro atoms. The maximum absolute atomic E-state index is 13.7. The van der Waals surface area contributed by atoms with Crippen LogP contribution in [0.2, 0.25) is 0 Å². The molecule has 230 valence electrons. The van der Waals surface area contributed by atoms with E-state index in [2.05, 4.69) is 32.0 Å². The van der Waals surface area contributed by atoms with Crippen LogP contribution in [0.4, 0.5) is 22.4 Å². The Bertz CT molecular complexity index is 1730. The fourth-order valence-corrected chi connectivity index (χ4v) is 5.60. The van der Waals surface area contributed by atoms with Gasteiger partial charge in [-0.25, -0.2) is 14.8 Å². The van der Waals surface area contributed by atoms with Gasteiger partial charge in [0.1, 0.15) is 23.3 Å². The average Bonchev–Trinajstić information content (AvgIpc) is 3.05. The van der Waals surface area contributed by atoms with Crippen molar-refractivity contribution in [2.75, 3.05) is 28.7 Å². The van der Waals surface area contributed by atoms with E-state index in [1.54, 1.807) is 30.4 Å². The molecule has 45 heavy (non-hydrogen) atoms. The zero-order chi connectivity index (χ0) is 31.2. The molecule has 2 fully saturated rings. The Morgan fingerprint density at radius 2 is 1.76 bits per heavy atom. The van der Waals surface area contributed by atoms with Crippen LogP contribution in [0, 0.1) is 11.3 Å². The summed E-state index contributed by atoms with van der Waals surface area (Å²) in [4.78, 5) is 41.0. The Balaban J connectivity index is 1.16. The van der Waals surface area contributed by atoms with E-state index in [0.717, 1.165) is 42.4 Å². The van der Waals surface area contributed by atoms with Crippen LogP contribution in [-0.4, -0.2) is 56.9 Å². The maximum Gasteiger partial charge on any atom is 0.323 e. The largest absolute Gasteiger partial charge is 0.377 e. The SMILES string of the molecule is Cn1cc(-c2ccc(N(C(=O)NCc3ccccc3)C3CCC(Nc4ncc(C#N)c(NC5COC5)n4)CC3)nc2)ccc1=O. The van der Waals surface area contributed by atoms with Crippen LogP contribution >= 0.6 is 0 Å². The van der Waals surface area contributed by atoms with Gasteiger partial charge >= 0.3 is 6.03 Å². The minimum atomic E-state index is -0.205. The quantitative estimate of drug-likeness (QED) is 0.257. The molecule has 3 aromatic heterocycles. The van der Waals surface area contributed by atoms with Crippen LogP contribution < -0.4 is 26.4 Å². The molecule has 0 unspecified atom stereocenters. The van der Waals surface area contributed by atoms with Crippen LogP contribution in [0.1, 0.15) is 36.8 Å². The number of nitrogens with zero attached hydrogens (tertiary/aromatic N) is 6. The number of ether oxygens (including phenoxy) is 1. The third-order valence-electron chi connectivity index (χ3n) is 8.20. The molecular formula is C33H35N9O3. The highest BCUT2D eigenvalue weighted by molar-refractivity contribution is 5.91. The molecule has 1 saturated heterocycles. The summed E-state index contributed by atoms with van der Waals surface area (Å²) in [6, 6.07) is 19.0. The van der Waals surface area contributed by atoms with Crippen molar-refractivity contribution in [1.29, 1.82) is 5.26 Å². The van der Waals surface area contributed by atoms with Crippen molar-refractivity contribution in [3.63, 3.8) is 0 Å². The van der Waals surface area contributed by atoms with Gasteiger partial charge in [-0.3, -0.25) is 9.69 Å². The number of hydrogen-bond acceptors (Lipinski definition) is 9. The zero-order valence-electron chi connectivity index (χ0n) is 25.0. The van der Waals surface area contributed by atoms with Crippen molar-refractivity contribution in [2.45, 2.75) is 50.4 Å². The molecule has 0 atom stereocenters. The van der Waals surface area contributed by atoms with Gasteiger partial charge in [0, 0.05) is 49.7 Å². The molecule has 4 aromatic rings. The first-order valence-electron chi connectivity index (χ1n) is 15.1. The Hall–Kier alpha value is -5.28. The van der Waals surface area contributed by atoms with E-state index in [-0.39, 0.29) is 29.7 Å². The van der Waals surface area contributed by atoms with Gasteiger partial charge in [-0.15, -0.1) is 0 Å². The Morgan fingerprint density at radius 1 is 0.978 bits per heavy atom. The maximum atomic E-state index is 13.7. The number of benzene rings is 1. The topological polar surface area (TPSA) is 150 Å². The molecule has 2 amide bonds. The number of aryl methyl sites for hydroxylation is 1. The van der Waals surface area contributed by atoms with E-state index in [4.69, 9.17) is 9.72 Å². The number of carbonyl (C=O) groups is 1. The van der Waals surface area contributed by atoms with Crippen LogP contribution in [0.25, 0.3) is 11.1 Å². The average molecular weight is 606 g/mol. The number of pyridine rings is 2. The summed E-state index contributed by atoms with van der Waals surface area (Å²) in [5.74, 6) is 1.54. The van der Waals surface area contributed by atoms with E-state index in [0.29, 0.717) is 42.9 Å². The van der Waals surface area contributed by atoms with E-state index in [1.807, 2.05) is 42.5 Å². The van der Waals surface area contributed by atoms with Gasteiger partial charge in [0.05, 0.1) is 25.5 Å². The van der Waals surface area contributed by atoms with Crippen molar-refractivity contribution in [1.82, 2.24) is 24.8 Å². The van der Waals surface area contributed by atoms with Gasteiger partial charge in [0.2, 0.25) is 11.5 Å². The molecule has 12 heteroatoms. The van der Waals surface area contributed by atoms with E-state index >= 15 is 0 Å². The van der Waals surface area contributed by atoms with Crippen molar-refractivity contribution in [3.8, 4) is 17.2 Å². The second-order valence-electron chi connectivity index (χ2n) is 11.4. The number of nitriles is 1. The minimum absolute atomic E-state index is 0.0625. The molecule has 1 aliphatic heterocycles. The third-order valence-corrected chi connectivity index (χ3v) is 8.20. The number of aromatic nitrogens is 4. The van der Waals surface area contributed by atoms with Gasteiger partial charge in [-0.05, 0) is 55.0 Å². The lowest BCUT2D eigenvalue weighted by Crippen LogP contribution is -2.49. The lowest BCUT2D eigenvalue weighted by atomic mass is 9.90. The predicted molar refractivity (Wildman–Crippen MR) is 171 cm³/mol. The summed E-state index contributed by atoms with van der Waals surface area (Å²) in [7, 11) is 1.71. The van der Waals surface area contributed by atoms with Gasteiger partial charge in [0.15, 0.2) is 0 Å². The minimum Gasteiger partial charge on any atom is -0.377 e. The zero-order valence-corrected chi connectivity index (χ0v) is 25.0. The van der Waals surface area contributed by atoms with Gasteiger partial charge in [-0.2, -0.15) is 10.2 Å². The summed E-state index contributed by atoms with van der Waals surface area (Å²) in [5, 5.41) is 19.2. The monoisotopic (exact) mass is 605 g/mol. The normalized spacial score (nSPS) is 17.9. The number of nitrogens with one attached hydrogen (secondary N) is 3. The number of urea groups is 1. The lowest BCUT2D eigenvalue weighted by Gasteiger charge is -2.36. The fourth-order valence-electron chi connectivity index (χ4n) is 5.60. The van der Waals surface area contributed by atoms with E-state index < -0.39 is 0 Å². The van der Waals surface area contributed by atoms with Crippen LogP contribution in [0.5, 0.6) is 0 Å². The number of amides is 2. The second-order valence-corrected chi connectivity index (χ2v) is 11.4.